The molecule has 1 aromatic carbocycles. The molecule has 1 aliphatic rings. The van der Waals surface area contributed by atoms with Gasteiger partial charge in [0, 0.05) is 62.4 Å². The number of carbonyl (C=O) groups is 2. The summed E-state index contributed by atoms with van der Waals surface area (Å²) < 4.78 is 5.77. The summed E-state index contributed by atoms with van der Waals surface area (Å²) in [7, 11) is 1.62. The fraction of sp³-hybridized carbons (Fsp3) is 0.556. The zero-order valence-electron chi connectivity index (χ0n) is 40.9. The highest BCUT2D eigenvalue weighted by Crippen LogP contribution is 2.28. The average Bonchev–Trinajstić information content (AvgIpc) is 3.25. The number of piperazine rings is 1. The maximum Gasteiger partial charge on any atom is 0.254 e. The van der Waals surface area contributed by atoms with Crippen molar-refractivity contribution in [2.24, 2.45) is 0 Å². The molecule has 0 spiro atoms. The Morgan fingerprint density at radius 3 is 1.73 bits per heavy atom. The lowest BCUT2D eigenvalue weighted by molar-refractivity contribution is -0.132. The van der Waals surface area contributed by atoms with Crippen LogP contribution in [0.25, 0.3) is 0 Å². The van der Waals surface area contributed by atoms with E-state index in [2.05, 4.69) is 107 Å². The average molecular weight is 863 g/mol. The number of rotatable bonds is 26. The first-order valence-corrected chi connectivity index (χ1v) is 23.7. The number of amides is 2. The van der Waals surface area contributed by atoms with Crippen LogP contribution in [0.15, 0.2) is 88.1 Å². The van der Waals surface area contributed by atoms with Gasteiger partial charge in [-0.2, -0.15) is 4.98 Å². The number of benzene rings is 1. The lowest BCUT2D eigenvalue weighted by Gasteiger charge is -2.35. The van der Waals surface area contributed by atoms with Gasteiger partial charge in [-0.15, -0.1) is 0 Å². The van der Waals surface area contributed by atoms with E-state index in [1.807, 2.05) is 34.9 Å². The molecule has 1 aromatic heterocycles. The number of nitrogens with zero attached hydrogens (tertiary/aromatic N) is 4. The van der Waals surface area contributed by atoms with Crippen LogP contribution in [-0.2, 0) is 11.2 Å². The van der Waals surface area contributed by atoms with Crippen LogP contribution in [0.1, 0.15) is 172 Å². The number of anilines is 2. The molecule has 63 heavy (non-hydrogen) atoms. The molecule has 3 N–H and O–H groups in total. The highest BCUT2D eigenvalue weighted by Gasteiger charge is 2.25. The van der Waals surface area contributed by atoms with E-state index in [1.165, 1.54) is 39.9 Å². The number of nitrogen functional groups attached to an aromatic ring is 1. The number of methoxy groups -OCH3 is 1. The second-order valence-electron chi connectivity index (χ2n) is 17.9. The fourth-order valence-electron chi connectivity index (χ4n) is 7.77. The van der Waals surface area contributed by atoms with Crippen molar-refractivity contribution in [2.45, 2.75) is 159 Å². The van der Waals surface area contributed by atoms with E-state index < -0.39 is 0 Å². The largest absolute Gasteiger partial charge is 0.496 e. The van der Waals surface area contributed by atoms with Gasteiger partial charge >= 0.3 is 0 Å². The van der Waals surface area contributed by atoms with E-state index in [0.717, 1.165) is 106 Å². The van der Waals surface area contributed by atoms with Crippen LogP contribution in [0.3, 0.4) is 0 Å². The Kier molecular flexibility index (Phi) is 23.9. The third-order valence-corrected chi connectivity index (χ3v) is 11.9. The standard InChI is InChI=1S/C54H82N6O3/c1-11-12-33-56-52-49(46(9)57-54(55)58-52)38-47-30-31-48(39-50(47)63-10)53(62)60-36-34-59(35-37-60)51(61)32-29-45(8)28-18-27-44(7)26-17-24-42(5)21-14-13-20-41(4)23-16-25-43(6)22-15-19-40(2)3/h19-21,25-26,28,30-31,39H,11-18,22-24,27,29,32-38H2,1-10H3,(H3,55,56,57,58)/b41-20+,42-21+,43-25+,44-26+,45-28+. The van der Waals surface area contributed by atoms with Crippen molar-refractivity contribution >= 4 is 23.6 Å². The molecule has 0 radical (unpaired) electrons. The number of unbranched alkanes of at least 4 members (excludes halogenated alkanes) is 2. The number of nitrogens with one attached hydrogen (secondary N) is 1. The Hall–Kier alpha value is -4.92. The van der Waals surface area contributed by atoms with Gasteiger partial charge in [-0.3, -0.25) is 9.59 Å². The minimum Gasteiger partial charge on any atom is -0.496 e. The lowest BCUT2D eigenvalue weighted by atomic mass is 10.0. The molecule has 0 unspecified atom stereocenters. The highest BCUT2D eigenvalue weighted by atomic mass is 16.5. The van der Waals surface area contributed by atoms with Crippen molar-refractivity contribution in [3.63, 3.8) is 0 Å². The Labute approximate surface area is 382 Å². The summed E-state index contributed by atoms with van der Waals surface area (Å²) in [5, 5.41) is 3.42. The van der Waals surface area contributed by atoms with Crippen LogP contribution in [0, 0.1) is 6.92 Å². The molecule has 1 fully saturated rings. The highest BCUT2D eigenvalue weighted by molar-refractivity contribution is 5.95. The number of allylic oxidation sites excluding steroid dienone is 12. The number of hydrogen-bond donors (Lipinski definition) is 2. The van der Waals surface area contributed by atoms with Crippen LogP contribution < -0.4 is 15.8 Å². The first-order chi connectivity index (χ1) is 30.2. The van der Waals surface area contributed by atoms with E-state index >= 15 is 0 Å². The number of aryl methyl sites for hydroxylation is 1. The molecular formula is C54H82N6O3. The van der Waals surface area contributed by atoms with Gasteiger partial charge in [0.05, 0.1) is 7.11 Å². The molecule has 2 amide bonds. The minimum atomic E-state index is -0.0553. The molecule has 9 heteroatoms. The quantitative estimate of drug-likeness (QED) is 0.0715. The first-order valence-electron chi connectivity index (χ1n) is 23.7. The van der Waals surface area contributed by atoms with Crippen LogP contribution >= 0.6 is 0 Å². The second-order valence-corrected chi connectivity index (χ2v) is 17.9. The van der Waals surface area contributed by atoms with E-state index in [-0.39, 0.29) is 17.8 Å². The molecule has 1 saturated heterocycles. The molecule has 0 aliphatic carbocycles. The van der Waals surface area contributed by atoms with Crippen molar-refractivity contribution in [3.05, 3.63) is 110 Å². The summed E-state index contributed by atoms with van der Waals surface area (Å²) in [5.74, 6) is 1.71. The van der Waals surface area contributed by atoms with Crippen LogP contribution in [-0.4, -0.2) is 71.4 Å². The number of hydrogen-bond acceptors (Lipinski definition) is 7. The number of carbonyl (C=O) groups excluding carboxylic acids is 2. The molecule has 2 heterocycles. The molecule has 0 bridgehead atoms. The second kappa shape index (κ2) is 28.7. The molecule has 9 nitrogen and oxygen atoms in total. The lowest BCUT2D eigenvalue weighted by Crippen LogP contribution is -2.50. The summed E-state index contributed by atoms with van der Waals surface area (Å²) in [5.41, 5.74) is 17.8. The van der Waals surface area contributed by atoms with Gasteiger partial charge in [0.2, 0.25) is 11.9 Å². The zero-order chi connectivity index (χ0) is 46.1. The van der Waals surface area contributed by atoms with Crippen LogP contribution in [0.2, 0.25) is 0 Å². The normalized spacial score (nSPS) is 14.3. The van der Waals surface area contributed by atoms with Crippen molar-refractivity contribution in [3.8, 4) is 5.75 Å². The van der Waals surface area contributed by atoms with Crippen molar-refractivity contribution in [1.82, 2.24) is 19.8 Å². The van der Waals surface area contributed by atoms with Crippen molar-refractivity contribution < 1.29 is 14.3 Å². The van der Waals surface area contributed by atoms with Gasteiger partial charge in [-0.1, -0.05) is 89.3 Å². The molecule has 346 valence electrons. The van der Waals surface area contributed by atoms with Gasteiger partial charge in [0.1, 0.15) is 11.6 Å². The number of nitrogens with two attached hydrogens (primary N) is 1. The van der Waals surface area contributed by atoms with E-state index in [9.17, 15) is 9.59 Å². The minimum absolute atomic E-state index is 0.0553. The van der Waals surface area contributed by atoms with Crippen molar-refractivity contribution in [2.75, 3.05) is 50.9 Å². The molecule has 0 atom stereocenters. The Bertz CT molecular complexity index is 1960. The van der Waals surface area contributed by atoms with Crippen molar-refractivity contribution in [1.29, 1.82) is 0 Å². The van der Waals surface area contributed by atoms with Gasteiger partial charge in [-0.25, -0.2) is 4.98 Å². The van der Waals surface area contributed by atoms with Crippen LogP contribution in [0.5, 0.6) is 5.75 Å². The summed E-state index contributed by atoms with van der Waals surface area (Å²) in [6.07, 6.45) is 29.2. The monoisotopic (exact) mass is 863 g/mol. The Morgan fingerprint density at radius 2 is 1.21 bits per heavy atom. The third-order valence-electron chi connectivity index (χ3n) is 11.9. The van der Waals surface area contributed by atoms with Gasteiger partial charge in [0.25, 0.3) is 5.91 Å². The predicted molar refractivity (Wildman–Crippen MR) is 266 cm³/mol. The Morgan fingerprint density at radius 1 is 0.698 bits per heavy atom. The SMILES string of the molecule is CCCCNc1nc(N)nc(C)c1Cc1ccc(C(=O)N2CCN(C(=O)CC/C(C)=C/CC/C(C)=C/CC/C(C)=C/CC/C=C(\C)CC/C=C(\C)CCC=C(C)C)CC2)cc1OC. The molecule has 2 aromatic rings. The first kappa shape index (κ1) is 52.4. The van der Waals surface area contributed by atoms with E-state index in [0.29, 0.717) is 50.3 Å². The summed E-state index contributed by atoms with van der Waals surface area (Å²) in [4.78, 5) is 39.4. The number of aromatic nitrogens is 2. The molecule has 0 saturated carbocycles. The smallest absolute Gasteiger partial charge is 0.254 e. The van der Waals surface area contributed by atoms with Gasteiger partial charge in [0.15, 0.2) is 0 Å². The summed E-state index contributed by atoms with van der Waals surface area (Å²) in [6, 6.07) is 5.62. The van der Waals surface area contributed by atoms with E-state index in [1.54, 1.807) is 7.11 Å². The molecule has 3 rings (SSSR count). The summed E-state index contributed by atoms with van der Waals surface area (Å²) in [6.45, 7) is 22.5. The molecular weight excluding hydrogens is 781 g/mol. The topological polar surface area (TPSA) is 114 Å². The number of ether oxygens (including phenoxy) is 1. The maximum absolute atomic E-state index is 13.6. The predicted octanol–water partition coefficient (Wildman–Crippen LogP) is 12.8. The third kappa shape index (κ3) is 20.0. The Balaban J connectivity index is 1.35. The van der Waals surface area contributed by atoms with Crippen LogP contribution in [0.4, 0.5) is 11.8 Å². The van der Waals surface area contributed by atoms with Gasteiger partial charge in [-0.05, 0) is 150 Å². The van der Waals surface area contributed by atoms with E-state index in [4.69, 9.17) is 10.5 Å². The maximum atomic E-state index is 13.6. The van der Waals surface area contributed by atoms with Gasteiger partial charge < -0.3 is 25.6 Å². The fourth-order valence-corrected chi connectivity index (χ4v) is 7.77. The summed E-state index contributed by atoms with van der Waals surface area (Å²) >= 11 is 0. The molecule has 1 aliphatic heterocycles. The zero-order valence-corrected chi connectivity index (χ0v) is 40.9.